The lowest BCUT2D eigenvalue weighted by atomic mass is 9.82. The molecule has 0 aromatic heterocycles. The van der Waals surface area contributed by atoms with Gasteiger partial charge in [0.1, 0.15) is 36.1 Å². The molecule has 1 unspecified atom stereocenters. The van der Waals surface area contributed by atoms with Crippen molar-refractivity contribution in [1.82, 2.24) is 10.2 Å². The highest BCUT2D eigenvalue weighted by atomic mass is 32.2. The van der Waals surface area contributed by atoms with Crippen LogP contribution < -0.4 is 19.5 Å². The molecule has 230 valence electrons. The van der Waals surface area contributed by atoms with Gasteiger partial charge in [-0.3, -0.25) is 19.8 Å². The molecule has 1 N–H and O–H groups in total. The van der Waals surface area contributed by atoms with Crippen LogP contribution in [0.2, 0.25) is 0 Å². The predicted octanol–water partition coefficient (Wildman–Crippen LogP) is 7.31. The second-order valence-corrected chi connectivity index (χ2v) is 13.5. The van der Waals surface area contributed by atoms with Crippen molar-refractivity contribution in [1.29, 1.82) is 0 Å². The molecular formula is C36H40N2O5S. The molecule has 2 fully saturated rings. The van der Waals surface area contributed by atoms with E-state index >= 15 is 0 Å². The number of nitrogens with zero attached hydrogens (tertiary/aromatic N) is 1. The van der Waals surface area contributed by atoms with Gasteiger partial charge in [-0.1, -0.05) is 42.5 Å². The van der Waals surface area contributed by atoms with E-state index in [0.717, 1.165) is 77.2 Å². The van der Waals surface area contributed by atoms with Crippen LogP contribution in [-0.2, 0) is 11.4 Å². The summed E-state index contributed by atoms with van der Waals surface area (Å²) < 4.78 is 19.5. The molecule has 2 saturated heterocycles. The van der Waals surface area contributed by atoms with E-state index in [1.165, 1.54) is 11.1 Å². The Balaban J connectivity index is 1.18. The first-order chi connectivity index (χ1) is 21.1. The Hall–Kier alpha value is -3.75. The molecule has 0 radical (unpaired) electrons. The van der Waals surface area contributed by atoms with Gasteiger partial charge in [0.2, 0.25) is 0 Å². The number of rotatable bonds is 9. The summed E-state index contributed by atoms with van der Waals surface area (Å²) in [6.07, 6.45) is 3.92. The van der Waals surface area contributed by atoms with Gasteiger partial charge in [-0.2, -0.15) is 0 Å². The van der Waals surface area contributed by atoms with Crippen LogP contribution in [-0.4, -0.2) is 47.4 Å². The van der Waals surface area contributed by atoms with Gasteiger partial charge in [-0.15, -0.1) is 0 Å². The minimum absolute atomic E-state index is 0.184. The van der Waals surface area contributed by atoms with Gasteiger partial charge in [0.25, 0.3) is 11.1 Å². The van der Waals surface area contributed by atoms with Gasteiger partial charge in [-0.05, 0) is 112 Å². The number of ether oxygens (including phenoxy) is 3. The highest BCUT2D eigenvalue weighted by Crippen LogP contribution is 2.52. The molecular weight excluding hydrogens is 572 g/mol. The van der Waals surface area contributed by atoms with Crippen molar-refractivity contribution >= 4 is 29.0 Å². The summed E-state index contributed by atoms with van der Waals surface area (Å²) in [5.74, 6) is 2.55. The summed E-state index contributed by atoms with van der Waals surface area (Å²) in [6, 6.07) is 18.3. The lowest BCUT2D eigenvalue weighted by molar-refractivity contribution is -0.115. The molecule has 3 aromatic carbocycles. The molecule has 2 atom stereocenters. The number of imide groups is 1. The minimum Gasteiger partial charge on any atom is -0.492 e. The lowest BCUT2D eigenvalue weighted by Crippen LogP contribution is -2.42. The molecule has 0 bridgehead atoms. The normalized spacial score (nSPS) is 21.8. The van der Waals surface area contributed by atoms with Crippen LogP contribution >= 0.6 is 11.8 Å². The standard InChI is InChI=1S/C36H40N2O5S/c1-22-23(2)33-31(24(3)32(22)42-20-25-11-7-6-8-12-25)29(36(4,5)43-33)19-38-16-10-14-27(38)21-41-28-15-9-13-26(17-28)18-30-34(39)37-35(40)44-30/h6-9,11-13,15,17-18,27,29H,10,14,16,19-21H2,1-5H3,(H,37,39,40)/t27-,29?/m0/s1. The number of fused-ring (bicyclic) bond motifs is 1. The van der Waals surface area contributed by atoms with E-state index in [-0.39, 0.29) is 28.7 Å². The summed E-state index contributed by atoms with van der Waals surface area (Å²) in [5.41, 5.74) is 6.34. The fourth-order valence-corrected chi connectivity index (χ4v) is 7.31. The maximum Gasteiger partial charge on any atom is 0.290 e. The quantitative estimate of drug-likeness (QED) is 0.254. The second kappa shape index (κ2) is 12.3. The summed E-state index contributed by atoms with van der Waals surface area (Å²) in [4.78, 5) is 26.4. The molecule has 3 heterocycles. The van der Waals surface area contributed by atoms with Gasteiger partial charge >= 0.3 is 0 Å². The van der Waals surface area contributed by atoms with Crippen LogP contribution in [0.15, 0.2) is 59.5 Å². The molecule has 7 nitrogen and oxygen atoms in total. The number of hydrogen-bond donors (Lipinski definition) is 1. The molecule has 44 heavy (non-hydrogen) atoms. The fourth-order valence-electron chi connectivity index (χ4n) is 6.62. The lowest BCUT2D eigenvalue weighted by Gasteiger charge is -2.33. The zero-order chi connectivity index (χ0) is 31.0. The van der Waals surface area contributed by atoms with E-state index in [4.69, 9.17) is 14.2 Å². The van der Waals surface area contributed by atoms with Gasteiger partial charge in [0.15, 0.2) is 0 Å². The average molecular weight is 613 g/mol. The molecule has 3 aliphatic heterocycles. The third-order valence-corrected chi connectivity index (χ3v) is 9.98. The number of hydrogen-bond acceptors (Lipinski definition) is 7. The van der Waals surface area contributed by atoms with E-state index in [9.17, 15) is 9.59 Å². The van der Waals surface area contributed by atoms with E-state index in [2.05, 4.69) is 57.0 Å². The maximum absolute atomic E-state index is 12.0. The highest BCUT2D eigenvalue weighted by Gasteiger charge is 2.46. The van der Waals surface area contributed by atoms with Crippen molar-refractivity contribution in [2.75, 3.05) is 19.7 Å². The predicted molar refractivity (Wildman–Crippen MR) is 175 cm³/mol. The number of thioether (sulfide) groups is 1. The average Bonchev–Trinajstić information content (AvgIpc) is 3.66. The van der Waals surface area contributed by atoms with Gasteiger partial charge in [0.05, 0.1) is 4.91 Å². The van der Waals surface area contributed by atoms with Crippen molar-refractivity contribution in [3.63, 3.8) is 0 Å². The summed E-state index contributed by atoms with van der Waals surface area (Å²) in [6.45, 7) is 13.9. The Kier molecular flexibility index (Phi) is 8.49. The third-order valence-electron chi connectivity index (χ3n) is 9.17. The zero-order valence-corrected chi connectivity index (χ0v) is 26.9. The van der Waals surface area contributed by atoms with Crippen LogP contribution in [0.5, 0.6) is 17.2 Å². The van der Waals surface area contributed by atoms with E-state index < -0.39 is 0 Å². The Morgan fingerprint density at radius 3 is 2.57 bits per heavy atom. The Bertz CT molecular complexity index is 1620. The van der Waals surface area contributed by atoms with Crippen molar-refractivity contribution < 1.29 is 23.8 Å². The molecule has 0 aliphatic carbocycles. The highest BCUT2D eigenvalue weighted by molar-refractivity contribution is 8.18. The van der Waals surface area contributed by atoms with Crippen LogP contribution in [0, 0.1) is 20.8 Å². The van der Waals surface area contributed by atoms with Crippen molar-refractivity contribution in [2.24, 2.45) is 0 Å². The van der Waals surface area contributed by atoms with Crippen molar-refractivity contribution in [3.05, 3.63) is 92.9 Å². The first-order valence-corrected chi connectivity index (χ1v) is 16.1. The first-order valence-electron chi connectivity index (χ1n) is 15.3. The summed E-state index contributed by atoms with van der Waals surface area (Å²) in [5, 5.41) is 1.96. The van der Waals surface area contributed by atoms with Gasteiger partial charge in [-0.25, -0.2) is 0 Å². The van der Waals surface area contributed by atoms with Crippen LogP contribution in [0.25, 0.3) is 6.08 Å². The number of carbonyl (C=O) groups excluding carboxylic acids is 2. The number of nitrogens with one attached hydrogen (secondary N) is 1. The Morgan fingerprint density at radius 2 is 1.82 bits per heavy atom. The van der Waals surface area contributed by atoms with Crippen molar-refractivity contribution in [2.45, 2.75) is 71.6 Å². The molecule has 3 aliphatic rings. The largest absolute Gasteiger partial charge is 0.492 e. The third kappa shape index (κ3) is 6.10. The molecule has 0 saturated carbocycles. The number of likely N-dealkylation sites (tertiary alicyclic amines) is 1. The Labute approximate surface area is 264 Å². The van der Waals surface area contributed by atoms with E-state index in [1.807, 2.05) is 42.5 Å². The van der Waals surface area contributed by atoms with E-state index in [0.29, 0.717) is 18.1 Å². The number of amides is 2. The van der Waals surface area contributed by atoms with E-state index in [1.54, 1.807) is 6.08 Å². The summed E-state index contributed by atoms with van der Waals surface area (Å²) >= 11 is 0.919. The van der Waals surface area contributed by atoms with Gasteiger partial charge < -0.3 is 14.2 Å². The molecule has 6 rings (SSSR count). The van der Waals surface area contributed by atoms with Crippen LogP contribution in [0.3, 0.4) is 0 Å². The SMILES string of the molecule is Cc1c(C)c2c(c(C)c1OCc1ccccc1)C(CN1CCC[C@H]1COc1cccc(C=C3SC(=O)NC3=O)c1)C(C)(C)O2. The molecule has 2 amide bonds. The zero-order valence-electron chi connectivity index (χ0n) is 26.1. The number of carbonyl (C=O) groups is 2. The van der Waals surface area contributed by atoms with Gasteiger partial charge in [0, 0.05) is 24.1 Å². The summed E-state index contributed by atoms with van der Waals surface area (Å²) in [7, 11) is 0. The second-order valence-electron chi connectivity index (χ2n) is 12.5. The van der Waals surface area contributed by atoms with Crippen LogP contribution in [0.1, 0.15) is 66.0 Å². The topological polar surface area (TPSA) is 77.1 Å². The first kappa shape index (κ1) is 30.3. The molecule has 0 spiro atoms. The fraction of sp³-hybridized carbons (Fsp3) is 0.389. The monoisotopic (exact) mass is 612 g/mol. The number of benzene rings is 3. The Morgan fingerprint density at radius 1 is 1.02 bits per heavy atom. The minimum atomic E-state index is -0.358. The van der Waals surface area contributed by atoms with Crippen molar-refractivity contribution in [3.8, 4) is 17.2 Å². The maximum atomic E-state index is 12.0. The molecule has 3 aromatic rings. The van der Waals surface area contributed by atoms with Crippen LogP contribution in [0.4, 0.5) is 4.79 Å². The smallest absolute Gasteiger partial charge is 0.290 e. The molecule has 8 heteroatoms.